The molecule has 0 bridgehead atoms. The number of hydrogen-bond acceptors (Lipinski definition) is 10. The Balaban J connectivity index is -0.000000236. The van der Waals surface area contributed by atoms with E-state index in [4.69, 9.17) is 10.4 Å². The van der Waals surface area contributed by atoms with Crippen LogP contribution >= 0.6 is 0 Å². The molecule has 1 aromatic heterocycles. The van der Waals surface area contributed by atoms with Gasteiger partial charge in [0.25, 0.3) is 0 Å². The van der Waals surface area contributed by atoms with Crippen LogP contribution in [0.4, 0.5) is 0 Å². The minimum atomic E-state index is -0.939. The molecule has 2 unspecified atom stereocenters. The van der Waals surface area contributed by atoms with Crippen molar-refractivity contribution in [2.45, 2.75) is 85.2 Å². The Hall–Kier alpha value is -2.81. The van der Waals surface area contributed by atoms with E-state index in [-0.39, 0.29) is 39.6 Å². The summed E-state index contributed by atoms with van der Waals surface area (Å²) in [6.45, 7) is 20.5. The van der Waals surface area contributed by atoms with Gasteiger partial charge in [-0.15, -0.1) is 6.58 Å². The van der Waals surface area contributed by atoms with Crippen molar-refractivity contribution >= 4 is 30.9 Å². The first-order valence-corrected chi connectivity index (χ1v) is 16.4. The van der Waals surface area contributed by atoms with Crippen LogP contribution in [0, 0.1) is 23.3 Å². The van der Waals surface area contributed by atoms with Gasteiger partial charge in [-0.1, -0.05) is 60.4 Å². The summed E-state index contributed by atoms with van der Waals surface area (Å²) in [6.07, 6.45) is 13.6. The molecule has 1 aromatic rings. The first-order valence-electron chi connectivity index (χ1n) is 12.6. The minimum absolute atomic E-state index is 0. The third-order valence-corrected chi connectivity index (χ3v) is 6.53. The second kappa shape index (κ2) is 29.2. The molecule has 0 amide bonds. The molecule has 10 nitrogen and oxygen atoms in total. The van der Waals surface area contributed by atoms with E-state index in [1.54, 1.807) is 12.4 Å². The van der Waals surface area contributed by atoms with Gasteiger partial charge in [-0.25, -0.2) is 0 Å². The second-order valence-electron chi connectivity index (χ2n) is 9.76. The normalized spacial score (nSPS) is 13.7. The molecule has 1 heterocycles. The molecule has 0 aliphatic heterocycles. The molecule has 0 aliphatic rings. The van der Waals surface area contributed by atoms with Gasteiger partial charge in [-0.3, -0.25) is 4.98 Å². The summed E-state index contributed by atoms with van der Waals surface area (Å²) in [6, 6.07) is 6.96. The van der Waals surface area contributed by atoms with Gasteiger partial charge in [-0.2, -0.15) is 0 Å². The van der Waals surface area contributed by atoms with E-state index in [0.29, 0.717) is 5.92 Å². The van der Waals surface area contributed by atoms with Crippen LogP contribution in [0.3, 0.4) is 0 Å². The van der Waals surface area contributed by atoms with E-state index in [9.17, 15) is 15.5 Å². The molecular weight excluding hydrogens is 573 g/mol. The Bertz CT molecular complexity index is 796. The predicted molar refractivity (Wildman–Crippen MR) is 168 cm³/mol. The van der Waals surface area contributed by atoms with Gasteiger partial charge in [0.1, 0.15) is 0 Å². The molecule has 0 fully saturated rings. The zero-order chi connectivity index (χ0) is 30.7. The van der Waals surface area contributed by atoms with E-state index in [1.165, 1.54) is 33.7 Å². The Morgan fingerprint density at radius 1 is 0.875 bits per heavy atom. The van der Waals surface area contributed by atoms with E-state index in [0.717, 1.165) is 25.7 Å². The minimum Gasteiger partial charge on any atom is -0.792 e. The second-order valence-corrected chi connectivity index (χ2v) is 15.3. The van der Waals surface area contributed by atoms with Crippen molar-refractivity contribution < 1.29 is 32.3 Å². The van der Waals surface area contributed by atoms with Crippen LogP contribution < -0.4 is 0 Å². The van der Waals surface area contributed by atoms with Gasteiger partial charge in [0.15, 0.2) is 0 Å². The molecule has 0 aliphatic carbocycles. The maximum atomic E-state index is 9.63. The molecule has 40 heavy (non-hydrogen) atoms. The Morgan fingerprint density at radius 3 is 1.57 bits per heavy atom. The molecular formula is C28H48CoN5O5Si. The number of aromatic nitrogens is 1. The molecule has 1 rings (SSSR count). The number of nitrogens with zero attached hydrogens (tertiary/aromatic N) is 5. The van der Waals surface area contributed by atoms with Crippen LogP contribution in [-0.4, -0.2) is 57.5 Å². The average molecular weight is 622 g/mol. The van der Waals surface area contributed by atoms with Crippen LogP contribution in [0.5, 0.6) is 0 Å². The van der Waals surface area contributed by atoms with Gasteiger partial charge >= 0.3 is 16.8 Å². The maximum absolute atomic E-state index is 9.63. The van der Waals surface area contributed by atoms with Crippen molar-refractivity contribution in [3.63, 3.8) is 0 Å². The molecule has 12 heteroatoms. The van der Waals surface area contributed by atoms with Crippen LogP contribution in [0.25, 0.3) is 0 Å². The van der Waals surface area contributed by atoms with Crippen molar-refractivity contribution in [1.29, 1.82) is 0 Å². The van der Waals surface area contributed by atoms with E-state index in [1.807, 2.05) is 24.3 Å². The van der Waals surface area contributed by atoms with Crippen LogP contribution in [-0.2, 0) is 16.8 Å². The molecule has 0 saturated heterocycles. The number of aliphatic hydroxyl groups excluding tert-OH is 1. The fourth-order valence-corrected chi connectivity index (χ4v) is 3.19. The number of rotatable bonds is 11. The largest absolute Gasteiger partial charge is 3.00 e. The monoisotopic (exact) mass is 621 g/mol. The zero-order valence-corrected chi connectivity index (χ0v) is 27.0. The van der Waals surface area contributed by atoms with E-state index in [2.05, 4.69) is 70.9 Å². The quantitative estimate of drug-likeness (QED) is 0.0594. The Morgan fingerprint density at radius 2 is 1.32 bits per heavy atom. The summed E-state index contributed by atoms with van der Waals surface area (Å²) in [4.78, 5) is 3.78. The van der Waals surface area contributed by atoms with Gasteiger partial charge < -0.3 is 43.2 Å². The van der Waals surface area contributed by atoms with E-state index < -0.39 is 14.2 Å². The molecule has 0 saturated carbocycles. The summed E-state index contributed by atoms with van der Waals surface area (Å²) in [5.74, 6) is 0.310. The van der Waals surface area contributed by atoms with Crippen LogP contribution in [0.15, 0.2) is 76.0 Å². The van der Waals surface area contributed by atoms with Crippen LogP contribution in [0.2, 0.25) is 25.7 Å². The Kier molecular flexibility index (Phi) is 32.3. The van der Waals surface area contributed by atoms with Crippen molar-refractivity contribution in [3.05, 3.63) is 72.7 Å². The zero-order valence-electron chi connectivity index (χ0n) is 25.0. The summed E-state index contributed by atoms with van der Waals surface area (Å²) < 4.78 is 0. The summed E-state index contributed by atoms with van der Waals surface area (Å²) >= 11 is 0. The molecule has 228 valence electrons. The first-order chi connectivity index (χ1) is 18.3. The number of aliphatic hydroxyl groups is 1. The van der Waals surface area contributed by atoms with Gasteiger partial charge in [-0.05, 0) is 77.5 Å². The number of hydrogen-bond donors (Lipinski definition) is 3. The third-order valence-electron chi connectivity index (χ3n) is 5.07. The molecule has 2 atom stereocenters. The summed E-state index contributed by atoms with van der Waals surface area (Å²) in [5, 5.41) is 55.4. The maximum Gasteiger partial charge on any atom is 3.00 e. The van der Waals surface area contributed by atoms with Gasteiger partial charge in [0.2, 0.25) is 0 Å². The summed E-state index contributed by atoms with van der Waals surface area (Å²) in [7, 11) is -0.939. The van der Waals surface area contributed by atoms with E-state index >= 15 is 0 Å². The number of pyridine rings is 1. The molecule has 0 spiro atoms. The summed E-state index contributed by atoms with van der Waals surface area (Å²) in [5.41, 5.74) is 0.903. The molecule has 3 N–H and O–H groups in total. The Labute approximate surface area is 252 Å². The SMILES string of the molecule is C=CCCC(CC/C=C\C[Si](C)(C)C)C([CH2-])O.CC(=N\[O-])/C(C)=N/O.CC(=N\[O-])/C(C)=N/O.[Co+3].c1ccncc1. The van der Waals surface area contributed by atoms with Crippen LogP contribution in [0.1, 0.15) is 53.4 Å². The topological polar surface area (TPSA) is 169 Å². The predicted octanol–water partition coefficient (Wildman–Crippen LogP) is 7.11. The van der Waals surface area contributed by atoms with Crippen molar-refractivity contribution in [2.24, 2.45) is 26.5 Å². The number of allylic oxidation sites excluding steroid dienone is 3. The average Bonchev–Trinajstić information content (AvgIpc) is 2.93. The van der Waals surface area contributed by atoms with Gasteiger partial charge in [0.05, 0.1) is 22.8 Å². The van der Waals surface area contributed by atoms with Gasteiger partial charge in [0, 0.05) is 20.5 Å². The molecule has 0 radical (unpaired) electrons. The van der Waals surface area contributed by atoms with Crippen molar-refractivity contribution in [3.8, 4) is 0 Å². The van der Waals surface area contributed by atoms with Crippen molar-refractivity contribution in [2.75, 3.05) is 0 Å². The van der Waals surface area contributed by atoms with Crippen molar-refractivity contribution in [1.82, 2.24) is 4.98 Å². The standard InChI is InChI=1S/C15H29OSi.C5H5N.2C4H8N2O2.Co/c1-6-7-11-15(14(2)16)12-9-8-10-13-17(3,4)5;1-2-4-6-5-3-1;2*1-3(5-7)4(2)6-8;/h6,8,10,14-16H,1-2,7,9,11-13H2,3-5H3;1-5H;2*7-8H,1-2H3;/q-1;;;;+3/p-2/b10-8-;;2*5-3+,6-4+;. The number of oxime groups is 2. The fraction of sp³-hybridized carbons (Fsp3) is 0.500. The smallest absolute Gasteiger partial charge is 0.792 e. The third kappa shape index (κ3) is 31.4. The fourth-order valence-electron chi connectivity index (χ4n) is 2.32. The first kappa shape index (κ1) is 44.2. The molecule has 0 aromatic carbocycles.